The molecule has 0 aliphatic carbocycles. The van der Waals surface area contributed by atoms with Crippen molar-refractivity contribution in [2.45, 2.75) is 33.3 Å². The minimum Gasteiger partial charge on any atom is -0.485 e. The zero-order valence-corrected chi connectivity index (χ0v) is 18.2. The van der Waals surface area contributed by atoms with E-state index in [0.717, 1.165) is 16.8 Å². The molecule has 0 spiro atoms. The average Bonchev–Trinajstić information content (AvgIpc) is 3.20. The number of nitrogens with one attached hydrogen (secondary N) is 1. The van der Waals surface area contributed by atoms with Crippen LogP contribution in [0.1, 0.15) is 47.3 Å². The lowest BCUT2D eigenvalue weighted by molar-refractivity contribution is 0.101. The molecule has 4 aromatic rings. The van der Waals surface area contributed by atoms with Crippen molar-refractivity contribution in [2.75, 3.05) is 5.32 Å². The quantitative estimate of drug-likeness (QED) is 0.471. The number of hydrogen-bond donors (Lipinski definition) is 1. The maximum atomic E-state index is 12.9. The van der Waals surface area contributed by atoms with Crippen LogP contribution in [0, 0.1) is 6.92 Å². The molecule has 1 N–H and O–H groups in total. The second-order valence-electron chi connectivity index (χ2n) is 7.56. The van der Waals surface area contributed by atoms with Crippen LogP contribution in [0.25, 0.3) is 5.69 Å². The van der Waals surface area contributed by atoms with Crippen molar-refractivity contribution in [1.29, 1.82) is 0 Å². The summed E-state index contributed by atoms with van der Waals surface area (Å²) >= 11 is 0. The van der Waals surface area contributed by atoms with Crippen molar-refractivity contribution in [3.63, 3.8) is 0 Å². The summed E-state index contributed by atoms with van der Waals surface area (Å²) in [6, 6.07) is 15.2. The number of benzene rings is 1. The van der Waals surface area contributed by atoms with Gasteiger partial charge in [0.25, 0.3) is 5.91 Å². The van der Waals surface area contributed by atoms with Crippen molar-refractivity contribution < 1.29 is 9.53 Å². The number of nitrogens with zero attached hydrogens (tertiary/aromatic N) is 5. The van der Waals surface area contributed by atoms with E-state index in [4.69, 9.17) is 4.74 Å². The van der Waals surface area contributed by atoms with Crippen LogP contribution in [0.4, 0.5) is 5.82 Å². The molecule has 0 atom stereocenters. The fourth-order valence-electron chi connectivity index (χ4n) is 3.29. The number of carbonyl (C=O) groups is 1. The van der Waals surface area contributed by atoms with Crippen molar-refractivity contribution in [1.82, 2.24) is 24.7 Å². The van der Waals surface area contributed by atoms with Gasteiger partial charge in [-0.1, -0.05) is 32.0 Å². The molecule has 1 amide bonds. The number of ether oxygens (including phenoxy) is 1. The number of pyridine rings is 2. The van der Waals surface area contributed by atoms with Crippen LogP contribution >= 0.6 is 0 Å². The Balaban J connectivity index is 1.54. The van der Waals surface area contributed by atoms with Gasteiger partial charge in [0.05, 0.1) is 5.69 Å². The second-order valence-corrected chi connectivity index (χ2v) is 7.56. The fraction of sp³-hybridized carbons (Fsp3) is 0.208. The van der Waals surface area contributed by atoms with Gasteiger partial charge in [-0.2, -0.15) is 0 Å². The third-order valence-electron chi connectivity index (χ3n) is 4.91. The largest absolute Gasteiger partial charge is 0.485 e. The van der Waals surface area contributed by atoms with E-state index in [1.54, 1.807) is 35.4 Å². The number of carbonyl (C=O) groups excluding carboxylic acids is 1. The molecular formula is C24H24N6O2. The van der Waals surface area contributed by atoms with Crippen molar-refractivity contribution in [3.8, 4) is 11.4 Å². The summed E-state index contributed by atoms with van der Waals surface area (Å²) in [6.07, 6.45) is 4.99. The van der Waals surface area contributed by atoms with Crippen LogP contribution in [0.2, 0.25) is 0 Å². The van der Waals surface area contributed by atoms with Gasteiger partial charge in [0.15, 0.2) is 11.6 Å². The predicted octanol–water partition coefficient (Wildman–Crippen LogP) is 4.32. The highest BCUT2D eigenvalue weighted by atomic mass is 16.5. The van der Waals surface area contributed by atoms with Gasteiger partial charge in [0.1, 0.15) is 12.4 Å². The maximum absolute atomic E-state index is 12.9. The van der Waals surface area contributed by atoms with Gasteiger partial charge in [-0.15, -0.1) is 5.10 Å². The number of amides is 1. The highest BCUT2D eigenvalue weighted by Crippen LogP contribution is 2.24. The molecule has 0 aliphatic heterocycles. The number of hydrogen-bond acceptors (Lipinski definition) is 6. The van der Waals surface area contributed by atoms with Gasteiger partial charge in [0.2, 0.25) is 5.82 Å². The van der Waals surface area contributed by atoms with E-state index in [1.165, 1.54) is 0 Å². The molecule has 3 aromatic heterocycles. The molecule has 3 heterocycles. The van der Waals surface area contributed by atoms with Gasteiger partial charge in [-0.05, 0) is 54.3 Å². The number of anilines is 1. The molecule has 0 unspecified atom stereocenters. The Labute approximate surface area is 186 Å². The molecule has 8 nitrogen and oxygen atoms in total. The fourth-order valence-corrected chi connectivity index (χ4v) is 3.29. The lowest BCUT2D eigenvalue weighted by Gasteiger charge is -2.12. The Morgan fingerprint density at radius 3 is 2.62 bits per heavy atom. The number of aromatic nitrogens is 5. The van der Waals surface area contributed by atoms with E-state index in [9.17, 15) is 4.79 Å². The van der Waals surface area contributed by atoms with E-state index in [2.05, 4.69) is 45.3 Å². The van der Waals surface area contributed by atoms with Crippen LogP contribution in [-0.4, -0.2) is 30.6 Å². The van der Waals surface area contributed by atoms with E-state index in [-0.39, 0.29) is 5.82 Å². The molecule has 1 aromatic carbocycles. The van der Waals surface area contributed by atoms with Gasteiger partial charge in [-0.3, -0.25) is 9.78 Å². The summed E-state index contributed by atoms with van der Waals surface area (Å²) in [4.78, 5) is 25.5. The first-order chi connectivity index (χ1) is 15.5. The Morgan fingerprint density at radius 1 is 1.06 bits per heavy atom. The first-order valence-corrected chi connectivity index (χ1v) is 10.3. The average molecular weight is 428 g/mol. The molecule has 0 saturated carbocycles. The smallest absolute Gasteiger partial charge is 0.296 e. The van der Waals surface area contributed by atoms with Crippen LogP contribution in [-0.2, 0) is 6.61 Å². The second kappa shape index (κ2) is 9.38. The van der Waals surface area contributed by atoms with Gasteiger partial charge < -0.3 is 10.1 Å². The van der Waals surface area contributed by atoms with E-state index in [1.807, 2.05) is 37.3 Å². The third kappa shape index (κ3) is 4.64. The van der Waals surface area contributed by atoms with Crippen LogP contribution in [0.3, 0.4) is 0 Å². The molecule has 0 radical (unpaired) electrons. The van der Waals surface area contributed by atoms with Gasteiger partial charge in [-0.25, -0.2) is 14.6 Å². The molecule has 162 valence electrons. The molecular weight excluding hydrogens is 404 g/mol. The van der Waals surface area contributed by atoms with Crippen molar-refractivity contribution in [3.05, 3.63) is 89.9 Å². The molecule has 0 fully saturated rings. The number of aryl methyl sites for hydroxylation is 1. The molecule has 0 saturated heterocycles. The zero-order chi connectivity index (χ0) is 22.5. The van der Waals surface area contributed by atoms with Crippen LogP contribution < -0.4 is 10.1 Å². The summed E-state index contributed by atoms with van der Waals surface area (Å²) in [5.41, 5.74) is 3.00. The minimum absolute atomic E-state index is 0.0618. The van der Waals surface area contributed by atoms with E-state index < -0.39 is 5.91 Å². The number of rotatable bonds is 7. The standard InChI is InChI=1S/C24H24N6O2/c1-16(2)19-7-4-5-8-20(19)30-17(3)27-23(29-30)24(31)28-22-21(9-6-12-26-22)32-15-18-10-13-25-14-11-18/h4-14,16H,15H2,1-3H3,(H,26,28,31). The highest BCUT2D eigenvalue weighted by molar-refractivity contribution is 6.01. The van der Waals surface area contributed by atoms with Gasteiger partial charge in [0, 0.05) is 18.6 Å². The van der Waals surface area contributed by atoms with E-state index in [0.29, 0.717) is 29.9 Å². The monoisotopic (exact) mass is 428 g/mol. The Kier molecular flexibility index (Phi) is 6.21. The molecule has 8 heteroatoms. The van der Waals surface area contributed by atoms with E-state index >= 15 is 0 Å². The Bertz CT molecular complexity index is 1220. The van der Waals surface area contributed by atoms with Crippen LogP contribution in [0.15, 0.2) is 67.1 Å². The SMILES string of the molecule is Cc1nc(C(=O)Nc2ncccc2OCc2ccncc2)nn1-c1ccccc1C(C)C. The summed E-state index contributed by atoms with van der Waals surface area (Å²) in [5, 5.41) is 7.23. The maximum Gasteiger partial charge on any atom is 0.296 e. The topological polar surface area (TPSA) is 94.8 Å². The Morgan fingerprint density at radius 2 is 1.84 bits per heavy atom. The molecule has 0 aliphatic rings. The summed E-state index contributed by atoms with van der Waals surface area (Å²) in [6.45, 7) is 6.39. The first-order valence-electron chi connectivity index (χ1n) is 10.3. The highest BCUT2D eigenvalue weighted by Gasteiger charge is 2.19. The normalized spacial score (nSPS) is 10.9. The van der Waals surface area contributed by atoms with Crippen molar-refractivity contribution in [2.24, 2.45) is 0 Å². The Hall–Kier alpha value is -4.07. The zero-order valence-electron chi connectivity index (χ0n) is 18.2. The predicted molar refractivity (Wildman–Crippen MR) is 121 cm³/mol. The summed E-state index contributed by atoms with van der Waals surface area (Å²) < 4.78 is 7.55. The molecule has 4 rings (SSSR count). The van der Waals surface area contributed by atoms with Gasteiger partial charge >= 0.3 is 0 Å². The summed E-state index contributed by atoms with van der Waals surface area (Å²) in [5.74, 6) is 1.30. The molecule has 0 bridgehead atoms. The summed E-state index contributed by atoms with van der Waals surface area (Å²) in [7, 11) is 0. The molecule has 32 heavy (non-hydrogen) atoms. The van der Waals surface area contributed by atoms with Crippen LogP contribution in [0.5, 0.6) is 5.75 Å². The lowest BCUT2D eigenvalue weighted by atomic mass is 10.0. The first kappa shape index (κ1) is 21.2. The van der Waals surface area contributed by atoms with Crippen molar-refractivity contribution >= 4 is 11.7 Å². The lowest BCUT2D eigenvalue weighted by Crippen LogP contribution is -2.16. The minimum atomic E-state index is -0.457. The third-order valence-corrected chi connectivity index (χ3v) is 4.91. The number of para-hydroxylation sites is 1.